The molecule has 0 aromatic carbocycles. The second-order valence-electron chi connectivity index (χ2n) is 3.94. The lowest BCUT2D eigenvalue weighted by molar-refractivity contribution is 0.615. The van der Waals surface area contributed by atoms with Crippen LogP contribution in [0.2, 0.25) is 0 Å². The first-order valence-electron chi connectivity index (χ1n) is 5.15. The molecule has 0 radical (unpaired) electrons. The van der Waals surface area contributed by atoms with Crippen LogP contribution in [-0.4, -0.2) is 24.6 Å². The van der Waals surface area contributed by atoms with Gasteiger partial charge in [0, 0.05) is 25.8 Å². The van der Waals surface area contributed by atoms with E-state index in [2.05, 4.69) is 42.2 Å². The highest BCUT2D eigenvalue weighted by Crippen LogP contribution is 2.29. The number of nitrogens with one attached hydrogen (secondary N) is 1. The van der Waals surface area contributed by atoms with Gasteiger partial charge in [-0.05, 0) is 25.0 Å². The smallest absolute Gasteiger partial charge is 0.152 e. The van der Waals surface area contributed by atoms with Crippen molar-refractivity contribution in [3.63, 3.8) is 0 Å². The highest BCUT2D eigenvalue weighted by atomic mass is 15.2. The summed E-state index contributed by atoms with van der Waals surface area (Å²) in [6.45, 7) is 5.30. The Bertz CT molecular complexity index is 335. The van der Waals surface area contributed by atoms with Gasteiger partial charge in [-0.3, -0.25) is 0 Å². The molecular weight excluding hydrogens is 174 g/mol. The molecule has 1 N–H and O–H groups in total. The van der Waals surface area contributed by atoms with Crippen molar-refractivity contribution in [2.24, 2.45) is 0 Å². The summed E-state index contributed by atoms with van der Waals surface area (Å²) >= 11 is 0. The summed E-state index contributed by atoms with van der Waals surface area (Å²) < 4.78 is 0. The molecule has 0 spiro atoms. The predicted molar refractivity (Wildman–Crippen MR) is 59.9 cm³/mol. The molecule has 1 atom stereocenters. The summed E-state index contributed by atoms with van der Waals surface area (Å²) in [6.07, 6.45) is 3.08. The summed E-state index contributed by atoms with van der Waals surface area (Å²) in [5.74, 6) is 1.08. The van der Waals surface area contributed by atoms with Crippen molar-refractivity contribution >= 4 is 11.5 Å². The second kappa shape index (κ2) is 3.48. The van der Waals surface area contributed by atoms with Crippen LogP contribution in [0, 0.1) is 6.92 Å². The fourth-order valence-corrected chi connectivity index (χ4v) is 1.93. The van der Waals surface area contributed by atoms with E-state index in [-0.39, 0.29) is 0 Å². The lowest BCUT2D eigenvalue weighted by atomic mass is 10.1. The van der Waals surface area contributed by atoms with Crippen LogP contribution >= 0.6 is 0 Å². The van der Waals surface area contributed by atoms with Crippen LogP contribution in [0.5, 0.6) is 0 Å². The molecule has 14 heavy (non-hydrogen) atoms. The Morgan fingerprint density at radius 1 is 1.64 bits per heavy atom. The van der Waals surface area contributed by atoms with Crippen LogP contribution in [0.15, 0.2) is 12.3 Å². The zero-order valence-electron chi connectivity index (χ0n) is 9.04. The number of hydrogen-bond acceptors (Lipinski definition) is 3. The maximum Gasteiger partial charge on any atom is 0.152 e. The minimum Gasteiger partial charge on any atom is -0.380 e. The Morgan fingerprint density at radius 2 is 2.43 bits per heavy atom. The SMILES string of the molecule is CCC1CNc2cc(C)cnc2N1C. The fraction of sp³-hybridized carbons (Fsp3) is 0.545. The molecule has 2 heterocycles. The molecule has 1 aliphatic rings. The summed E-state index contributed by atoms with van der Waals surface area (Å²) in [4.78, 5) is 6.73. The van der Waals surface area contributed by atoms with Gasteiger partial charge in [-0.15, -0.1) is 0 Å². The largest absolute Gasteiger partial charge is 0.380 e. The van der Waals surface area contributed by atoms with Crippen LogP contribution in [0.1, 0.15) is 18.9 Å². The van der Waals surface area contributed by atoms with E-state index in [1.807, 2.05) is 6.20 Å². The van der Waals surface area contributed by atoms with Crippen LogP contribution in [0.25, 0.3) is 0 Å². The Kier molecular flexibility index (Phi) is 2.32. The number of likely N-dealkylation sites (N-methyl/N-ethyl adjacent to an activating group) is 1. The molecule has 0 amide bonds. The van der Waals surface area contributed by atoms with Gasteiger partial charge in [0.15, 0.2) is 5.82 Å². The number of aromatic nitrogens is 1. The number of fused-ring (bicyclic) bond motifs is 1. The number of rotatable bonds is 1. The lowest BCUT2D eigenvalue weighted by Gasteiger charge is -2.35. The molecule has 3 nitrogen and oxygen atoms in total. The monoisotopic (exact) mass is 191 g/mol. The number of aryl methyl sites for hydroxylation is 1. The molecule has 0 fully saturated rings. The first kappa shape index (κ1) is 9.31. The molecule has 0 saturated carbocycles. The zero-order chi connectivity index (χ0) is 10.1. The lowest BCUT2D eigenvalue weighted by Crippen LogP contribution is -2.41. The summed E-state index contributed by atoms with van der Waals surface area (Å²) in [5, 5.41) is 3.43. The van der Waals surface area contributed by atoms with Gasteiger partial charge in [0.25, 0.3) is 0 Å². The number of nitrogens with zero attached hydrogens (tertiary/aromatic N) is 2. The fourth-order valence-electron chi connectivity index (χ4n) is 1.93. The molecule has 0 saturated heterocycles. The predicted octanol–water partition coefficient (Wildman–Crippen LogP) is 2.03. The molecule has 1 unspecified atom stereocenters. The maximum absolute atomic E-state index is 4.46. The highest BCUT2D eigenvalue weighted by Gasteiger charge is 2.22. The molecule has 0 bridgehead atoms. The van der Waals surface area contributed by atoms with Gasteiger partial charge in [-0.25, -0.2) is 4.98 Å². The van der Waals surface area contributed by atoms with E-state index < -0.39 is 0 Å². The average Bonchev–Trinajstić information content (AvgIpc) is 2.18. The Hall–Kier alpha value is -1.25. The molecule has 76 valence electrons. The second-order valence-corrected chi connectivity index (χ2v) is 3.94. The molecule has 1 aromatic heterocycles. The van der Waals surface area contributed by atoms with E-state index in [4.69, 9.17) is 0 Å². The Morgan fingerprint density at radius 3 is 3.14 bits per heavy atom. The van der Waals surface area contributed by atoms with Crippen molar-refractivity contribution in [2.45, 2.75) is 26.3 Å². The molecule has 3 heteroatoms. The quantitative estimate of drug-likeness (QED) is 0.736. The van der Waals surface area contributed by atoms with Crippen molar-refractivity contribution in [1.82, 2.24) is 4.98 Å². The minimum atomic E-state index is 0.567. The Balaban J connectivity index is 2.36. The van der Waals surface area contributed by atoms with E-state index in [0.717, 1.165) is 24.5 Å². The van der Waals surface area contributed by atoms with Gasteiger partial charge in [0.2, 0.25) is 0 Å². The standard InChI is InChI=1S/C11H17N3/c1-4-9-7-12-10-5-8(2)6-13-11(10)14(9)3/h5-6,9,12H,4,7H2,1-3H3. The van der Waals surface area contributed by atoms with Crippen molar-refractivity contribution in [1.29, 1.82) is 0 Å². The Labute approximate surface area is 85.1 Å². The third kappa shape index (κ3) is 1.43. The van der Waals surface area contributed by atoms with Gasteiger partial charge >= 0.3 is 0 Å². The third-order valence-corrected chi connectivity index (χ3v) is 2.88. The van der Waals surface area contributed by atoms with Crippen molar-refractivity contribution < 1.29 is 0 Å². The van der Waals surface area contributed by atoms with E-state index in [9.17, 15) is 0 Å². The van der Waals surface area contributed by atoms with Crippen LogP contribution in [-0.2, 0) is 0 Å². The van der Waals surface area contributed by atoms with Crippen LogP contribution < -0.4 is 10.2 Å². The van der Waals surface area contributed by atoms with Crippen LogP contribution in [0.4, 0.5) is 11.5 Å². The van der Waals surface area contributed by atoms with E-state index in [0.29, 0.717) is 6.04 Å². The average molecular weight is 191 g/mol. The van der Waals surface area contributed by atoms with Crippen molar-refractivity contribution in [3.8, 4) is 0 Å². The minimum absolute atomic E-state index is 0.567. The maximum atomic E-state index is 4.46. The number of pyridine rings is 1. The first-order valence-corrected chi connectivity index (χ1v) is 5.15. The van der Waals surface area contributed by atoms with Crippen LogP contribution in [0.3, 0.4) is 0 Å². The van der Waals surface area contributed by atoms with Gasteiger partial charge in [0.1, 0.15) is 0 Å². The summed E-state index contributed by atoms with van der Waals surface area (Å²) in [7, 11) is 2.12. The molecular formula is C11H17N3. The third-order valence-electron chi connectivity index (χ3n) is 2.88. The normalized spacial score (nSPS) is 20.2. The highest BCUT2D eigenvalue weighted by molar-refractivity contribution is 5.68. The van der Waals surface area contributed by atoms with Gasteiger partial charge in [0.05, 0.1) is 5.69 Å². The van der Waals surface area contributed by atoms with E-state index >= 15 is 0 Å². The molecule has 2 rings (SSSR count). The number of anilines is 2. The molecule has 1 aliphatic heterocycles. The van der Waals surface area contributed by atoms with Crippen molar-refractivity contribution in [2.75, 3.05) is 23.8 Å². The molecule has 1 aromatic rings. The molecule has 0 aliphatic carbocycles. The van der Waals surface area contributed by atoms with E-state index in [1.54, 1.807) is 0 Å². The van der Waals surface area contributed by atoms with Gasteiger partial charge in [-0.2, -0.15) is 0 Å². The van der Waals surface area contributed by atoms with Gasteiger partial charge in [-0.1, -0.05) is 6.92 Å². The summed E-state index contributed by atoms with van der Waals surface area (Å²) in [5.41, 5.74) is 2.37. The first-order chi connectivity index (χ1) is 6.72. The number of hydrogen-bond donors (Lipinski definition) is 1. The van der Waals surface area contributed by atoms with E-state index in [1.165, 1.54) is 5.56 Å². The summed E-state index contributed by atoms with van der Waals surface area (Å²) in [6, 6.07) is 2.72. The van der Waals surface area contributed by atoms with Crippen molar-refractivity contribution in [3.05, 3.63) is 17.8 Å². The zero-order valence-corrected chi connectivity index (χ0v) is 9.04. The topological polar surface area (TPSA) is 28.2 Å². The van der Waals surface area contributed by atoms with Gasteiger partial charge < -0.3 is 10.2 Å².